The van der Waals surface area contributed by atoms with E-state index < -0.39 is 20.4 Å². The SMILES string of the molecule is O=S(=O)(c1ccon1)C(F)(F)F. The highest BCUT2D eigenvalue weighted by molar-refractivity contribution is 7.92. The zero-order chi connectivity index (χ0) is 9.41. The van der Waals surface area contributed by atoms with E-state index in [9.17, 15) is 21.6 Å². The van der Waals surface area contributed by atoms with Gasteiger partial charge in [0.2, 0.25) is 5.03 Å². The first kappa shape index (κ1) is 9.04. The van der Waals surface area contributed by atoms with Crippen molar-refractivity contribution < 1.29 is 26.1 Å². The predicted molar refractivity (Wildman–Crippen MR) is 29.7 cm³/mol. The smallest absolute Gasteiger partial charge is 0.363 e. The fourth-order valence-corrected chi connectivity index (χ4v) is 1.07. The lowest BCUT2D eigenvalue weighted by atomic mass is 10.8. The van der Waals surface area contributed by atoms with Crippen LogP contribution in [0.25, 0.3) is 0 Å². The zero-order valence-electron chi connectivity index (χ0n) is 5.37. The van der Waals surface area contributed by atoms with Gasteiger partial charge in [-0.25, -0.2) is 8.42 Å². The number of alkyl halides is 3. The van der Waals surface area contributed by atoms with Crippen molar-refractivity contribution in [2.75, 3.05) is 0 Å². The van der Waals surface area contributed by atoms with Crippen molar-refractivity contribution in [3.8, 4) is 0 Å². The van der Waals surface area contributed by atoms with Gasteiger partial charge < -0.3 is 4.52 Å². The third kappa shape index (κ3) is 1.29. The molecule has 12 heavy (non-hydrogen) atoms. The molecule has 0 aliphatic heterocycles. The molecule has 1 aromatic heterocycles. The van der Waals surface area contributed by atoms with Crippen LogP contribution in [0.2, 0.25) is 0 Å². The lowest BCUT2D eigenvalue weighted by Gasteiger charge is -2.02. The molecule has 0 saturated heterocycles. The van der Waals surface area contributed by atoms with Crippen LogP contribution >= 0.6 is 0 Å². The van der Waals surface area contributed by atoms with Crippen molar-refractivity contribution in [3.05, 3.63) is 12.3 Å². The molecule has 1 rings (SSSR count). The molecule has 0 radical (unpaired) electrons. The lowest BCUT2D eigenvalue weighted by Crippen LogP contribution is -2.23. The average Bonchev–Trinajstić information content (AvgIpc) is 2.34. The number of nitrogens with zero attached hydrogens (tertiary/aromatic N) is 1. The molecule has 0 amide bonds. The summed E-state index contributed by atoms with van der Waals surface area (Å²) in [6.07, 6.45) is 0.749. The summed E-state index contributed by atoms with van der Waals surface area (Å²) in [5.74, 6) is 0. The number of hydrogen-bond acceptors (Lipinski definition) is 4. The van der Waals surface area contributed by atoms with E-state index in [-0.39, 0.29) is 0 Å². The highest BCUT2D eigenvalue weighted by atomic mass is 32.2. The predicted octanol–water partition coefficient (Wildman–Crippen LogP) is 0.968. The van der Waals surface area contributed by atoms with Crippen LogP contribution in [0.5, 0.6) is 0 Å². The van der Waals surface area contributed by atoms with Crippen LogP contribution in [0.4, 0.5) is 13.2 Å². The van der Waals surface area contributed by atoms with Crippen molar-refractivity contribution in [2.24, 2.45) is 0 Å². The molecule has 1 aromatic rings. The minimum absolute atomic E-state index is 0.628. The molecule has 0 N–H and O–H groups in total. The van der Waals surface area contributed by atoms with Crippen LogP contribution in [-0.2, 0) is 9.84 Å². The molecule has 0 fully saturated rings. The van der Waals surface area contributed by atoms with Crippen LogP contribution < -0.4 is 0 Å². The van der Waals surface area contributed by atoms with Gasteiger partial charge >= 0.3 is 5.51 Å². The van der Waals surface area contributed by atoms with E-state index in [0.717, 1.165) is 6.26 Å². The van der Waals surface area contributed by atoms with Crippen molar-refractivity contribution in [2.45, 2.75) is 10.5 Å². The van der Waals surface area contributed by atoms with Gasteiger partial charge in [-0.15, -0.1) is 0 Å². The van der Waals surface area contributed by atoms with Gasteiger partial charge in [0.05, 0.1) is 0 Å². The third-order valence-corrected chi connectivity index (χ3v) is 2.36. The first-order valence-electron chi connectivity index (χ1n) is 2.57. The van der Waals surface area contributed by atoms with Gasteiger partial charge in [-0.2, -0.15) is 13.2 Å². The Labute approximate surface area is 64.9 Å². The number of aromatic nitrogens is 1. The maximum absolute atomic E-state index is 11.7. The Morgan fingerprint density at radius 3 is 2.33 bits per heavy atom. The summed E-state index contributed by atoms with van der Waals surface area (Å²) in [6.45, 7) is 0. The van der Waals surface area contributed by atoms with Crippen LogP contribution in [0.1, 0.15) is 0 Å². The molecular formula is C4H2F3NO3S. The zero-order valence-corrected chi connectivity index (χ0v) is 6.19. The van der Waals surface area contributed by atoms with Crippen LogP contribution in [0.15, 0.2) is 21.9 Å². The fraction of sp³-hybridized carbons (Fsp3) is 0.250. The molecule has 0 aliphatic rings. The minimum atomic E-state index is -5.34. The summed E-state index contributed by atoms with van der Waals surface area (Å²) in [5.41, 5.74) is -5.33. The van der Waals surface area contributed by atoms with E-state index in [2.05, 4.69) is 9.68 Å². The molecule has 1 heterocycles. The molecule has 0 saturated carbocycles. The second kappa shape index (κ2) is 2.47. The summed E-state index contributed by atoms with van der Waals surface area (Å²) >= 11 is 0. The quantitative estimate of drug-likeness (QED) is 0.679. The second-order valence-corrected chi connectivity index (χ2v) is 3.67. The highest BCUT2D eigenvalue weighted by Gasteiger charge is 2.48. The topological polar surface area (TPSA) is 60.2 Å². The molecule has 0 unspecified atom stereocenters. The van der Waals surface area contributed by atoms with E-state index in [1.807, 2.05) is 0 Å². The van der Waals surface area contributed by atoms with E-state index >= 15 is 0 Å². The third-order valence-electron chi connectivity index (χ3n) is 0.994. The Morgan fingerprint density at radius 1 is 1.42 bits per heavy atom. The normalized spacial score (nSPS) is 13.2. The van der Waals surface area contributed by atoms with Crippen LogP contribution in [0, 0.1) is 0 Å². The summed E-state index contributed by atoms with van der Waals surface area (Å²) < 4.78 is 60.1. The van der Waals surface area contributed by atoms with Crippen molar-refractivity contribution in [1.29, 1.82) is 0 Å². The first-order valence-corrected chi connectivity index (χ1v) is 4.06. The monoisotopic (exact) mass is 201 g/mol. The van der Waals surface area contributed by atoms with E-state index in [1.165, 1.54) is 0 Å². The van der Waals surface area contributed by atoms with Gasteiger partial charge in [0.25, 0.3) is 9.84 Å². The lowest BCUT2D eigenvalue weighted by molar-refractivity contribution is -0.0439. The molecule has 4 nitrogen and oxygen atoms in total. The maximum Gasteiger partial charge on any atom is 0.503 e. The average molecular weight is 201 g/mol. The summed E-state index contributed by atoms with van der Waals surface area (Å²) in [4.78, 5) is 0. The van der Waals surface area contributed by atoms with E-state index in [1.54, 1.807) is 0 Å². The molecule has 0 bridgehead atoms. The number of sulfone groups is 1. The molecule has 8 heteroatoms. The summed E-state index contributed by atoms with van der Waals surface area (Å²) in [6, 6.07) is 0.628. The molecule has 0 aromatic carbocycles. The molecular weight excluding hydrogens is 199 g/mol. The fourth-order valence-electron chi connectivity index (χ4n) is 0.459. The molecule has 0 atom stereocenters. The Kier molecular flexibility index (Phi) is 1.86. The number of rotatable bonds is 1. The Hall–Kier alpha value is -1.05. The van der Waals surface area contributed by atoms with Gasteiger partial charge in [-0.1, -0.05) is 5.16 Å². The molecule has 0 aliphatic carbocycles. The van der Waals surface area contributed by atoms with E-state index in [0.29, 0.717) is 6.07 Å². The van der Waals surface area contributed by atoms with Crippen molar-refractivity contribution in [3.63, 3.8) is 0 Å². The number of halogens is 3. The van der Waals surface area contributed by atoms with Gasteiger partial charge in [0.15, 0.2) is 0 Å². The maximum atomic E-state index is 11.7. The van der Waals surface area contributed by atoms with Crippen LogP contribution in [0.3, 0.4) is 0 Å². The Balaban J connectivity index is 3.22. The van der Waals surface area contributed by atoms with Crippen molar-refractivity contribution in [1.82, 2.24) is 5.16 Å². The summed E-state index contributed by atoms with van der Waals surface area (Å²) in [7, 11) is -5.34. The number of hydrogen-bond donors (Lipinski definition) is 0. The van der Waals surface area contributed by atoms with E-state index in [4.69, 9.17) is 0 Å². The Bertz CT molecular complexity index is 351. The first-order chi connectivity index (χ1) is 5.36. The Morgan fingerprint density at radius 2 is 2.00 bits per heavy atom. The second-order valence-electron chi connectivity index (χ2n) is 1.79. The van der Waals surface area contributed by atoms with Gasteiger partial charge in [-0.05, 0) is 0 Å². The summed E-state index contributed by atoms with van der Waals surface area (Å²) in [5, 5.41) is 1.54. The molecule has 0 spiro atoms. The standard InChI is InChI=1S/C4H2F3NO3S/c5-4(6,7)12(9,10)3-1-2-11-8-3/h1-2H. The largest absolute Gasteiger partial charge is 0.503 e. The van der Waals surface area contributed by atoms with Crippen molar-refractivity contribution >= 4 is 9.84 Å². The van der Waals surface area contributed by atoms with Gasteiger partial charge in [0.1, 0.15) is 6.26 Å². The van der Waals surface area contributed by atoms with Crippen LogP contribution in [-0.4, -0.2) is 19.1 Å². The van der Waals surface area contributed by atoms with Gasteiger partial charge in [0, 0.05) is 6.07 Å². The molecule has 68 valence electrons. The highest BCUT2D eigenvalue weighted by Crippen LogP contribution is 2.28. The van der Waals surface area contributed by atoms with Gasteiger partial charge in [-0.3, -0.25) is 0 Å². The minimum Gasteiger partial charge on any atom is -0.363 e.